The zero-order valence-corrected chi connectivity index (χ0v) is 7.62. The lowest BCUT2D eigenvalue weighted by molar-refractivity contribution is -0.138. The second kappa shape index (κ2) is 9.71. The largest absolute Gasteiger partial charge is 0.480 e. The van der Waals surface area contributed by atoms with Gasteiger partial charge in [0, 0.05) is 6.54 Å². The molecule has 2 amide bonds. The standard InChI is InChI=1S/C6H13N3O3.2H2O/c7-4(5(10)11)2-1-3-9-6(8)12;;/h4H,1-3,7H2,(H,10,11)(H3,8,9,12);2*1H2. The first kappa shape index (κ1) is 18.4. The number of rotatable bonds is 5. The topological polar surface area (TPSA) is 181 Å². The molecular formula is C6H17N3O5. The molecule has 0 fully saturated rings. The van der Waals surface area contributed by atoms with Gasteiger partial charge < -0.3 is 32.8 Å². The van der Waals surface area contributed by atoms with Crippen molar-refractivity contribution in [3.8, 4) is 0 Å². The highest BCUT2D eigenvalue weighted by molar-refractivity contribution is 5.73. The number of carbonyl (C=O) groups is 2. The van der Waals surface area contributed by atoms with E-state index in [4.69, 9.17) is 16.6 Å². The van der Waals surface area contributed by atoms with Crippen LogP contribution < -0.4 is 16.8 Å². The minimum atomic E-state index is -1.03. The van der Waals surface area contributed by atoms with Gasteiger partial charge in [0.15, 0.2) is 0 Å². The van der Waals surface area contributed by atoms with Crippen LogP contribution in [0.2, 0.25) is 0 Å². The van der Waals surface area contributed by atoms with Crippen molar-refractivity contribution < 1.29 is 25.6 Å². The van der Waals surface area contributed by atoms with E-state index in [1.54, 1.807) is 0 Å². The van der Waals surface area contributed by atoms with Gasteiger partial charge in [0.25, 0.3) is 0 Å². The van der Waals surface area contributed by atoms with E-state index in [0.717, 1.165) is 0 Å². The Balaban J connectivity index is -0.000000605. The van der Waals surface area contributed by atoms with Gasteiger partial charge in [0.2, 0.25) is 0 Å². The molecule has 0 aromatic carbocycles. The first-order valence-corrected chi connectivity index (χ1v) is 3.55. The Morgan fingerprint density at radius 2 is 1.86 bits per heavy atom. The molecule has 0 saturated carbocycles. The van der Waals surface area contributed by atoms with E-state index < -0.39 is 18.0 Å². The number of hydrogen-bond acceptors (Lipinski definition) is 3. The maximum Gasteiger partial charge on any atom is 0.320 e. The van der Waals surface area contributed by atoms with Crippen LogP contribution in [0.4, 0.5) is 4.79 Å². The summed E-state index contributed by atoms with van der Waals surface area (Å²) < 4.78 is 0. The number of urea groups is 1. The van der Waals surface area contributed by atoms with Crippen LogP contribution >= 0.6 is 0 Å². The smallest absolute Gasteiger partial charge is 0.320 e. The number of amides is 2. The quantitative estimate of drug-likeness (QED) is 0.358. The first-order valence-electron chi connectivity index (χ1n) is 3.55. The highest BCUT2D eigenvalue weighted by atomic mass is 16.4. The van der Waals surface area contributed by atoms with E-state index in [1.807, 2.05) is 0 Å². The number of carbonyl (C=O) groups excluding carboxylic acids is 1. The number of nitrogens with two attached hydrogens (primary N) is 2. The minimum absolute atomic E-state index is 0. The Bertz CT molecular complexity index is 175. The maximum atomic E-state index is 10.2. The molecular weight excluding hydrogens is 194 g/mol. The number of carboxylic acid groups (broad SMARTS) is 1. The highest BCUT2D eigenvalue weighted by Gasteiger charge is 2.09. The second-order valence-electron chi connectivity index (χ2n) is 2.38. The Hall–Kier alpha value is -1.38. The minimum Gasteiger partial charge on any atom is -0.480 e. The fourth-order valence-electron chi connectivity index (χ4n) is 0.657. The van der Waals surface area contributed by atoms with Crippen LogP contribution in [0.1, 0.15) is 12.8 Å². The van der Waals surface area contributed by atoms with E-state index in [1.165, 1.54) is 0 Å². The molecule has 1 unspecified atom stereocenters. The molecule has 0 aliphatic carbocycles. The molecule has 0 rings (SSSR count). The third-order valence-corrected chi connectivity index (χ3v) is 1.31. The van der Waals surface area contributed by atoms with Gasteiger partial charge in [-0.05, 0) is 12.8 Å². The number of aliphatic carboxylic acids is 1. The fourth-order valence-corrected chi connectivity index (χ4v) is 0.657. The normalized spacial score (nSPS) is 10.4. The molecule has 0 radical (unpaired) electrons. The van der Waals surface area contributed by atoms with E-state index in [-0.39, 0.29) is 11.0 Å². The summed E-state index contributed by atoms with van der Waals surface area (Å²) in [7, 11) is 0. The zero-order chi connectivity index (χ0) is 9.56. The number of nitrogens with one attached hydrogen (secondary N) is 1. The Morgan fingerprint density at radius 3 is 2.21 bits per heavy atom. The van der Waals surface area contributed by atoms with Crippen molar-refractivity contribution in [3.05, 3.63) is 0 Å². The van der Waals surface area contributed by atoms with Crippen LogP contribution in [0, 0.1) is 0 Å². The summed E-state index contributed by atoms with van der Waals surface area (Å²) >= 11 is 0. The summed E-state index contributed by atoms with van der Waals surface area (Å²) in [4.78, 5) is 20.3. The number of primary amides is 1. The third kappa shape index (κ3) is 10.6. The molecule has 86 valence electrons. The zero-order valence-electron chi connectivity index (χ0n) is 7.62. The van der Waals surface area contributed by atoms with Gasteiger partial charge in [0.05, 0.1) is 0 Å². The molecule has 0 saturated heterocycles. The molecule has 0 aliphatic rings. The van der Waals surface area contributed by atoms with Crippen molar-refractivity contribution in [1.29, 1.82) is 0 Å². The van der Waals surface area contributed by atoms with Crippen molar-refractivity contribution in [2.75, 3.05) is 6.54 Å². The average molecular weight is 211 g/mol. The molecule has 0 aliphatic heterocycles. The predicted molar refractivity (Wildman–Crippen MR) is 49.7 cm³/mol. The predicted octanol–water partition coefficient (Wildman–Crippen LogP) is -2.80. The Kier molecular flexibility index (Phi) is 12.8. The van der Waals surface area contributed by atoms with E-state index in [2.05, 4.69) is 5.32 Å². The van der Waals surface area contributed by atoms with Crippen LogP contribution in [-0.2, 0) is 4.79 Å². The lowest BCUT2D eigenvalue weighted by atomic mass is 10.2. The van der Waals surface area contributed by atoms with Gasteiger partial charge in [-0.25, -0.2) is 4.79 Å². The molecule has 8 heteroatoms. The van der Waals surface area contributed by atoms with Crippen molar-refractivity contribution in [3.63, 3.8) is 0 Å². The van der Waals surface area contributed by atoms with Crippen LogP contribution in [0.25, 0.3) is 0 Å². The van der Waals surface area contributed by atoms with E-state index >= 15 is 0 Å². The number of carboxylic acids is 1. The molecule has 0 spiro atoms. The Labute approximate surface area is 80.9 Å². The van der Waals surface area contributed by atoms with E-state index in [0.29, 0.717) is 19.4 Å². The summed E-state index contributed by atoms with van der Waals surface area (Å²) in [5, 5.41) is 10.7. The van der Waals surface area contributed by atoms with Crippen LogP contribution in [0.15, 0.2) is 0 Å². The monoisotopic (exact) mass is 211 g/mol. The van der Waals surface area contributed by atoms with Gasteiger partial charge in [-0.2, -0.15) is 0 Å². The van der Waals surface area contributed by atoms with Crippen molar-refractivity contribution >= 4 is 12.0 Å². The van der Waals surface area contributed by atoms with Crippen molar-refractivity contribution in [2.45, 2.75) is 18.9 Å². The van der Waals surface area contributed by atoms with Gasteiger partial charge in [-0.3, -0.25) is 4.79 Å². The molecule has 0 aromatic heterocycles. The van der Waals surface area contributed by atoms with Gasteiger partial charge in [0.1, 0.15) is 6.04 Å². The molecule has 14 heavy (non-hydrogen) atoms. The molecule has 0 heterocycles. The second-order valence-corrected chi connectivity index (χ2v) is 2.38. The summed E-state index contributed by atoms with van der Waals surface area (Å²) in [6.45, 7) is 0.357. The third-order valence-electron chi connectivity index (χ3n) is 1.31. The average Bonchev–Trinajstić information content (AvgIpc) is 1.97. The Morgan fingerprint density at radius 1 is 1.36 bits per heavy atom. The van der Waals surface area contributed by atoms with Crippen molar-refractivity contribution in [1.82, 2.24) is 5.32 Å². The number of hydrogen-bond donors (Lipinski definition) is 4. The van der Waals surface area contributed by atoms with Gasteiger partial charge >= 0.3 is 12.0 Å². The molecule has 10 N–H and O–H groups in total. The van der Waals surface area contributed by atoms with Gasteiger partial charge in [-0.1, -0.05) is 0 Å². The molecule has 0 aromatic rings. The summed E-state index contributed by atoms with van der Waals surface area (Å²) in [5.41, 5.74) is 9.96. The molecule has 0 bridgehead atoms. The van der Waals surface area contributed by atoms with Gasteiger partial charge in [-0.15, -0.1) is 0 Å². The molecule has 1 atom stereocenters. The van der Waals surface area contributed by atoms with Crippen LogP contribution in [0.5, 0.6) is 0 Å². The summed E-state index contributed by atoms with van der Waals surface area (Å²) in [5.74, 6) is -1.03. The highest BCUT2D eigenvalue weighted by Crippen LogP contribution is 1.92. The van der Waals surface area contributed by atoms with Crippen LogP contribution in [-0.4, -0.2) is 40.6 Å². The van der Waals surface area contributed by atoms with E-state index in [9.17, 15) is 9.59 Å². The lowest BCUT2D eigenvalue weighted by Crippen LogP contribution is -2.33. The summed E-state index contributed by atoms with van der Waals surface area (Å²) in [6, 6.07) is -1.47. The maximum absolute atomic E-state index is 10.2. The first-order chi connectivity index (χ1) is 5.54. The summed E-state index contributed by atoms with van der Waals surface area (Å²) in [6.07, 6.45) is 0.839. The fraction of sp³-hybridized carbons (Fsp3) is 0.667. The van der Waals surface area contributed by atoms with Crippen molar-refractivity contribution in [2.24, 2.45) is 11.5 Å². The molecule has 8 nitrogen and oxygen atoms in total. The SMILES string of the molecule is NC(=O)NCCCC(N)C(=O)O.O.O. The lowest BCUT2D eigenvalue weighted by Gasteiger charge is -2.05. The van der Waals surface area contributed by atoms with Crippen LogP contribution in [0.3, 0.4) is 0 Å².